The predicted octanol–water partition coefficient (Wildman–Crippen LogP) is 0.306. The monoisotopic (exact) mass is 384 g/mol. The van der Waals surface area contributed by atoms with E-state index in [1.165, 1.54) is 12.8 Å². The molecular weight excluding hydrogens is 360 g/mol. The molecule has 10 heteroatoms. The van der Waals surface area contributed by atoms with Gasteiger partial charge in [0.05, 0.1) is 26.1 Å². The number of hydrogen-bond donors (Lipinski definition) is 2. The fourth-order valence-corrected chi connectivity index (χ4v) is 3.78. The second-order valence-corrected chi connectivity index (χ2v) is 8.19. The first-order valence-electron chi connectivity index (χ1n) is 9.66. The molecule has 0 radical (unpaired) electrons. The molecule has 10 nitrogen and oxygen atoms in total. The molecule has 1 aliphatic heterocycles. The quantitative estimate of drug-likeness (QED) is 0.623. The van der Waals surface area contributed by atoms with Crippen molar-refractivity contribution in [3.63, 3.8) is 0 Å². The van der Waals surface area contributed by atoms with Crippen LogP contribution in [0.4, 0.5) is 5.82 Å². The van der Waals surface area contributed by atoms with Crippen LogP contribution in [0.5, 0.6) is 0 Å². The molecule has 0 aromatic carbocycles. The number of aliphatic hydroxyl groups excluding tert-OH is 2. The molecule has 0 bridgehead atoms. The molecule has 148 valence electrons. The highest BCUT2D eigenvalue weighted by molar-refractivity contribution is 5.83. The lowest BCUT2D eigenvalue weighted by atomic mass is 9.93. The number of nitrogens with zero attached hydrogens (tertiary/aromatic N) is 8. The smallest absolute Gasteiger partial charge is 0.165 e. The third kappa shape index (κ3) is 2.83. The number of rotatable bonds is 6. The molecule has 3 aromatic heterocycles. The Morgan fingerprint density at radius 3 is 2.68 bits per heavy atom. The zero-order valence-electron chi connectivity index (χ0n) is 15.9. The molecule has 0 amide bonds. The summed E-state index contributed by atoms with van der Waals surface area (Å²) in [6.07, 6.45) is 5.67. The third-order valence-electron chi connectivity index (χ3n) is 5.72. The molecule has 28 heavy (non-hydrogen) atoms. The van der Waals surface area contributed by atoms with Crippen molar-refractivity contribution >= 4 is 17.0 Å². The van der Waals surface area contributed by atoms with Crippen molar-refractivity contribution in [1.82, 2.24) is 34.3 Å². The van der Waals surface area contributed by atoms with E-state index in [1.54, 1.807) is 12.7 Å². The van der Waals surface area contributed by atoms with Crippen molar-refractivity contribution in [2.24, 2.45) is 5.41 Å². The van der Waals surface area contributed by atoms with Gasteiger partial charge in [-0.3, -0.25) is 0 Å². The number of fused-ring (bicyclic) bond motifs is 2. The number of anilines is 1. The first kappa shape index (κ1) is 17.5. The fourth-order valence-electron chi connectivity index (χ4n) is 3.78. The van der Waals surface area contributed by atoms with Crippen LogP contribution in [0.15, 0.2) is 12.7 Å². The van der Waals surface area contributed by atoms with Crippen LogP contribution in [0.1, 0.15) is 37.3 Å². The lowest BCUT2D eigenvalue weighted by molar-refractivity contribution is 0.0562. The SMILES string of the molecule is CC(CO)(CO)Cn1cnc2c(N3CCn4c(nnc4C4CC4)C3)ncnc21. The Balaban J connectivity index is 1.45. The van der Waals surface area contributed by atoms with Crippen molar-refractivity contribution in [3.8, 4) is 0 Å². The first-order chi connectivity index (χ1) is 13.6. The van der Waals surface area contributed by atoms with Crippen molar-refractivity contribution < 1.29 is 10.2 Å². The molecule has 4 heterocycles. The van der Waals surface area contributed by atoms with Crippen LogP contribution < -0.4 is 4.90 Å². The van der Waals surface area contributed by atoms with E-state index in [9.17, 15) is 10.2 Å². The Labute approximate surface area is 161 Å². The summed E-state index contributed by atoms with van der Waals surface area (Å²) in [6.45, 7) is 4.31. The van der Waals surface area contributed by atoms with Gasteiger partial charge in [-0.2, -0.15) is 0 Å². The molecule has 0 spiro atoms. The highest BCUT2D eigenvalue weighted by Crippen LogP contribution is 2.40. The zero-order chi connectivity index (χ0) is 19.3. The van der Waals surface area contributed by atoms with Crippen LogP contribution in [0, 0.1) is 5.41 Å². The highest BCUT2D eigenvalue weighted by atomic mass is 16.3. The largest absolute Gasteiger partial charge is 0.396 e. The van der Waals surface area contributed by atoms with Crippen molar-refractivity contribution in [1.29, 1.82) is 0 Å². The Bertz CT molecular complexity index is 1000. The Morgan fingerprint density at radius 2 is 1.93 bits per heavy atom. The fraction of sp³-hybridized carbons (Fsp3) is 0.611. The van der Waals surface area contributed by atoms with E-state index >= 15 is 0 Å². The summed E-state index contributed by atoms with van der Waals surface area (Å²) in [6, 6.07) is 0. The van der Waals surface area contributed by atoms with Gasteiger partial charge in [0.1, 0.15) is 12.2 Å². The van der Waals surface area contributed by atoms with Gasteiger partial charge in [-0.25, -0.2) is 15.0 Å². The molecule has 0 unspecified atom stereocenters. The van der Waals surface area contributed by atoms with Gasteiger partial charge >= 0.3 is 0 Å². The summed E-state index contributed by atoms with van der Waals surface area (Å²) >= 11 is 0. The van der Waals surface area contributed by atoms with Gasteiger partial charge in [-0.1, -0.05) is 6.92 Å². The zero-order valence-corrected chi connectivity index (χ0v) is 15.9. The maximum absolute atomic E-state index is 9.60. The standard InChI is InChI=1S/C18H24N8O2/c1-18(8-27,9-28)7-25-11-21-14-16(19-10-20-17(14)25)24-4-5-26-13(6-24)22-23-15(26)12-2-3-12/h10-12,27-28H,2-9H2,1H3. The second kappa shape index (κ2) is 6.49. The second-order valence-electron chi connectivity index (χ2n) is 8.19. The number of aliphatic hydroxyl groups is 2. The lowest BCUT2D eigenvalue weighted by Crippen LogP contribution is -2.35. The van der Waals surface area contributed by atoms with Gasteiger partial charge < -0.3 is 24.2 Å². The Hall–Kier alpha value is -2.59. The van der Waals surface area contributed by atoms with E-state index in [-0.39, 0.29) is 13.2 Å². The van der Waals surface area contributed by atoms with E-state index in [0.29, 0.717) is 24.7 Å². The summed E-state index contributed by atoms with van der Waals surface area (Å²) in [5, 5.41) is 28.0. The van der Waals surface area contributed by atoms with Gasteiger partial charge in [-0.15, -0.1) is 10.2 Å². The normalized spacial score (nSPS) is 17.3. The summed E-state index contributed by atoms with van der Waals surface area (Å²) in [7, 11) is 0. The lowest BCUT2D eigenvalue weighted by Gasteiger charge is -2.29. The van der Waals surface area contributed by atoms with Crippen LogP contribution in [0.3, 0.4) is 0 Å². The van der Waals surface area contributed by atoms with Gasteiger partial charge in [0, 0.05) is 31.0 Å². The van der Waals surface area contributed by atoms with E-state index in [4.69, 9.17) is 0 Å². The highest BCUT2D eigenvalue weighted by Gasteiger charge is 2.33. The average Bonchev–Trinajstić information content (AvgIpc) is 3.36. The number of hydrogen-bond acceptors (Lipinski definition) is 8. The Morgan fingerprint density at radius 1 is 1.11 bits per heavy atom. The Kier molecular flexibility index (Phi) is 4.06. The summed E-state index contributed by atoms with van der Waals surface area (Å²) in [4.78, 5) is 15.6. The van der Waals surface area contributed by atoms with Crippen molar-refractivity contribution in [3.05, 3.63) is 24.3 Å². The molecule has 0 atom stereocenters. The first-order valence-corrected chi connectivity index (χ1v) is 9.66. The van der Waals surface area contributed by atoms with E-state index in [0.717, 1.165) is 36.1 Å². The van der Waals surface area contributed by atoms with E-state index in [1.807, 2.05) is 11.5 Å². The molecule has 2 N–H and O–H groups in total. The molecule has 0 saturated heterocycles. The molecule has 1 fully saturated rings. The van der Waals surface area contributed by atoms with Crippen LogP contribution in [-0.2, 0) is 19.6 Å². The molecule has 5 rings (SSSR count). The predicted molar refractivity (Wildman–Crippen MR) is 101 cm³/mol. The number of imidazole rings is 1. The minimum atomic E-state index is -0.639. The van der Waals surface area contributed by atoms with Crippen molar-refractivity contribution in [2.45, 2.75) is 45.3 Å². The number of aromatic nitrogens is 7. The molecular formula is C18H24N8O2. The van der Waals surface area contributed by atoms with Crippen LogP contribution in [0.2, 0.25) is 0 Å². The third-order valence-corrected chi connectivity index (χ3v) is 5.72. The van der Waals surface area contributed by atoms with Crippen molar-refractivity contribution in [2.75, 3.05) is 24.7 Å². The van der Waals surface area contributed by atoms with Gasteiger partial charge in [0.2, 0.25) is 0 Å². The van der Waals surface area contributed by atoms with Crippen LogP contribution >= 0.6 is 0 Å². The maximum atomic E-state index is 9.60. The molecule has 3 aromatic rings. The topological polar surface area (TPSA) is 118 Å². The van der Waals surface area contributed by atoms with Gasteiger partial charge in [-0.05, 0) is 12.8 Å². The maximum Gasteiger partial charge on any atom is 0.165 e. The summed E-state index contributed by atoms with van der Waals surface area (Å²) in [5.74, 6) is 3.45. The molecule has 1 saturated carbocycles. The van der Waals surface area contributed by atoms with Gasteiger partial charge in [0.25, 0.3) is 0 Å². The average molecular weight is 384 g/mol. The minimum absolute atomic E-state index is 0.119. The minimum Gasteiger partial charge on any atom is -0.396 e. The van der Waals surface area contributed by atoms with Crippen LogP contribution in [0.25, 0.3) is 11.2 Å². The molecule has 1 aliphatic carbocycles. The van der Waals surface area contributed by atoms with Crippen LogP contribution in [-0.4, -0.2) is 64.3 Å². The summed E-state index contributed by atoms with van der Waals surface area (Å²) < 4.78 is 4.11. The molecule has 2 aliphatic rings. The van der Waals surface area contributed by atoms with E-state index in [2.05, 4.69) is 34.6 Å². The summed E-state index contributed by atoms with van der Waals surface area (Å²) in [5.41, 5.74) is 0.777. The van der Waals surface area contributed by atoms with E-state index < -0.39 is 5.41 Å². The van der Waals surface area contributed by atoms with Gasteiger partial charge in [0.15, 0.2) is 22.8 Å².